The van der Waals surface area contributed by atoms with Crippen LogP contribution in [0.2, 0.25) is 0 Å². The van der Waals surface area contributed by atoms with Crippen LogP contribution >= 0.6 is 0 Å². The lowest BCUT2D eigenvalue weighted by Crippen LogP contribution is -2.47. The molecule has 13 heteroatoms. The third-order valence-corrected chi connectivity index (χ3v) is 7.01. The van der Waals surface area contributed by atoms with Gasteiger partial charge in [0.1, 0.15) is 6.10 Å². The van der Waals surface area contributed by atoms with Gasteiger partial charge in [0.05, 0.1) is 43.9 Å². The van der Waals surface area contributed by atoms with Gasteiger partial charge in [-0.05, 0) is 25.1 Å². The smallest absolute Gasteiger partial charge is 0.417 e. The number of rotatable bonds is 11. The summed E-state index contributed by atoms with van der Waals surface area (Å²) in [5.74, 6) is -6.78. The molecule has 1 aromatic heterocycles. The van der Waals surface area contributed by atoms with Gasteiger partial charge in [-0.2, -0.15) is 17.6 Å². The van der Waals surface area contributed by atoms with Crippen molar-refractivity contribution < 1.29 is 45.7 Å². The van der Waals surface area contributed by atoms with E-state index in [1.807, 2.05) is 0 Å². The Morgan fingerprint density at radius 1 is 1.15 bits per heavy atom. The Bertz CT molecular complexity index is 1130. The molecule has 1 aliphatic heterocycles. The Balaban J connectivity index is 1.91. The Labute approximate surface area is 223 Å². The van der Waals surface area contributed by atoms with E-state index in [1.54, 1.807) is 13.2 Å². The van der Waals surface area contributed by atoms with Gasteiger partial charge in [0, 0.05) is 38.2 Å². The minimum Gasteiger partial charge on any atom is -0.493 e. The van der Waals surface area contributed by atoms with Crippen molar-refractivity contribution in [2.24, 2.45) is 5.92 Å². The highest BCUT2D eigenvalue weighted by atomic mass is 19.4. The number of carbonyl (C=O) groups excluding carboxylic acids is 1. The van der Waals surface area contributed by atoms with Crippen molar-refractivity contribution in [3.63, 3.8) is 0 Å². The maximum Gasteiger partial charge on any atom is 0.417 e. The summed E-state index contributed by atoms with van der Waals surface area (Å²) < 4.78 is 91.3. The van der Waals surface area contributed by atoms with Gasteiger partial charge in [-0.1, -0.05) is 13.0 Å². The molecule has 0 aliphatic carbocycles. The van der Waals surface area contributed by atoms with Gasteiger partial charge in [-0.15, -0.1) is 0 Å². The van der Waals surface area contributed by atoms with Crippen LogP contribution in [0, 0.1) is 17.6 Å². The molecule has 2 N–H and O–H groups in total. The molecule has 1 aromatic carbocycles. The van der Waals surface area contributed by atoms with Crippen LogP contribution in [0.15, 0.2) is 30.5 Å². The number of pyridine rings is 1. The van der Waals surface area contributed by atoms with Crippen molar-refractivity contribution in [2.75, 3.05) is 46.4 Å². The number of nitrogens with zero attached hydrogens (tertiary/aromatic N) is 1. The zero-order valence-electron chi connectivity index (χ0n) is 22.2. The third-order valence-electron chi connectivity index (χ3n) is 7.01. The van der Waals surface area contributed by atoms with Crippen molar-refractivity contribution in [3.8, 4) is 5.75 Å². The molecule has 0 saturated carbocycles. The second kappa shape index (κ2) is 12.5. The molecule has 1 amide bonds. The van der Waals surface area contributed by atoms with Crippen LogP contribution in [-0.4, -0.2) is 69.9 Å². The molecule has 39 heavy (non-hydrogen) atoms. The van der Waals surface area contributed by atoms with Crippen LogP contribution in [0.3, 0.4) is 0 Å². The largest absolute Gasteiger partial charge is 0.493 e. The molecular formula is C26H32F5N3O5. The first kappa shape index (κ1) is 30.7. The van der Waals surface area contributed by atoms with Crippen molar-refractivity contribution >= 4 is 11.6 Å². The Kier molecular flexibility index (Phi) is 9.86. The molecule has 0 radical (unpaired) electrons. The number of alkyl halides is 3. The molecule has 8 nitrogen and oxygen atoms in total. The highest BCUT2D eigenvalue weighted by Gasteiger charge is 2.65. The summed E-state index contributed by atoms with van der Waals surface area (Å²) in [4.78, 5) is 17.7. The van der Waals surface area contributed by atoms with E-state index in [0.29, 0.717) is 25.5 Å². The van der Waals surface area contributed by atoms with E-state index in [4.69, 9.17) is 18.9 Å². The highest BCUT2D eigenvalue weighted by Crippen LogP contribution is 2.55. The van der Waals surface area contributed by atoms with E-state index < -0.39 is 53.0 Å². The fourth-order valence-corrected chi connectivity index (χ4v) is 4.69. The zero-order valence-corrected chi connectivity index (χ0v) is 22.2. The van der Waals surface area contributed by atoms with Gasteiger partial charge < -0.3 is 29.6 Å². The average Bonchev–Trinajstić information content (AvgIpc) is 3.17. The molecule has 0 spiro atoms. The van der Waals surface area contributed by atoms with Crippen LogP contribution < -0.4 is 15.4 Å². The Morgan fingerprint density at radius 2 is 1.87 bits per heavy atom. The minimum absolute atomic E-state index is 0.116. The maximum atomic E-state index is 14.5. The summed E-state index contributed by atoms with van der Waals surface area (Å²) in [6.07, 6.45) is -5.22. The number of amides is 1. The molecule has 2 aromatic rings. The lowest BCUT2D eigenvalue weighted by Gasteiger charge is -2.32. The van der Waals surface area contributed by atoms with Gasteiger partial charge in [-0.3, -0.25) is 9.78 Å². The number of carbonyl (C=O) groups is 1. The fraction of sp³-hybridized carbons (Fsp3) is 0.538. The highest BCUT2D eigenvalue weighted by molar-refractivity contribution is 5.95. The summed E-state index contributed by atoms with van der Waals surface area (Å²) in [5.41, 5.74) is -2.07. The van der Waals surface area contributed by atoms with Crippen LogP contribution in [0.4, 0.5) is 27.6 Å². The SMILES string of the molecule is COCCN[C@H](COC)c1ccc(NC(=O)[C@@H]2O[C@@](C)(C(F)(F)F)[C@@H](C)[C@H]2c2ccc(F)c(F)c2OC)cn1. The first-order valence-electron chi connectivity index (χ1n) is 12.1. The number of aromatic nitrogens is 1. The van der Waals surface area contributed by atoms with Gasteiger partial charge in [0.15, 0.2) is 17.2 Å². The molecule has 1 fully saturated rings. The standard InChI is InChI=1S/C26H32F5N3O5/c1-14-20(16-7-8-17(27)21(28)22(16)38-5)23(39-25(14,2)26(29,30)31)24(35)34-15-6-9-18(33-12-15)19(13-37-4)32-10-11-36-3/h6-9,12,14,19-20,23,32H,10-11,13H2,1-5H3,(H,34,35)/t14-,19+,20-,23+,25+/m0/s1. The van der Waals surface area contributed by atoms with Gasteiger partial charge in [-0.25, -0.2) is 4.39 Å². The molecule has 2 heterocycles. The van der Waals surface area contributed by atoms with Crippen LogP contribution in [0.5, 0.6) is 5.75 Å². The first-order chi connectivity index (χ1) is 18.4. The van der Waals surface area contributed by atoms with E-state index >= 15 is 0 Å². The topological polar surface area (TPSA) is 90.9 Å². The molecule has 0 bridgehead atoms. The van der Waals surface area contributed by atoms with Gasteiger partial charge >= 0.3 is 6.18 Å². The fourth-order valence-electron chi connectivity index (χ4n) is 4.69. The van der Waals surface area contributed by atoms with Gasteiger partial charge in [0.2, 0.25) is 5.82 Å². The molecule has 3 rings (SSSR count). The van der Waals surface area contributed by atoms with E-state index in [2.05, 4.69) is 15.6 Å². The van der Waals surface area contributed by atoms with E-state index in [0.717, 1.165) is 26.2 Å². The number of ether oxygens (including phenoxy) is 4. The van der Waals surface area contributed by atoms with E-state index in [9.17, 15) is 26.7 Å². The van der Waals surface area contributed by atoms with Crippen LogP contribution in [0.25, 0.3) is 0 Å². The molecule has 0 unspecified atom stereocenters. The lowest BCUT2D eigenvalue weighted by molar-refractivity contribution is -0.272. The summed E-state index contributed by atoms with van der Waals surface area (Å²) in [6.45, 7) is 3.38. The lowest BCUT2D eigenvalue weighted by atomic mass is 9.77. The van der Waals surface area contributed by atoms with Crippen molar-refractivity contribution in [2.45, 2.75) is 43.7 Å². The second-order valence-corrected chi connectivity index (χ2v) is 9.36. The molecule has 1 aliphatic rings. The van der Waals surface area contributed by atoms with Crippen LogP contribution in [-0.2, 0) is 19.0 Å². The molecule has 1 saturated heterocycles. The summed E-state index contributed by atoms with van der Waals surface area (Å²) in [6, 6.07) is 4.78. The van der Waals surface area contributed by atoms with Gasteiger partial charge in [0.25, 0.3) is 5.91 Å². The number of halogens is 5. The van der Waals surface area contributed by atoms with Crippen molar-refractivity contribution in [1.82, 2.24) is 10.3 Å². The Morgan fingerprint density at radius 3 is 2.44 bits per heavy atom. The van der Waals surface area contributed by atoms with E-state index in [1.165, 1.54) is 26.3 Å². The number of methoxy groups -OCH3 is 3. The van der Waals surface area contributed by atoms with Crippen molar-refractivity contribution in [1.29, 1.82) is 0 Å². The third kappa shape index (κ3) is 6.32. The summed E-state index contributed by atoms with van der Waals surface area (Å²) >= 11 is 0. The number of benzene rings is 1. The second-order valence-electron chi connectivity index (χ2n) is 9.36. The number of hydrogen-bond donors (Lipinski definition) is 2. The quantitative estimate of drug-likeness (QED) is 0.311. The minimum atomic E-state index is -4.86. The van der Waals surface area contributed by atoms with E-state index in [-0.39, 0.29) is 17.3 Å². The normalized spacial score (nSPS) is 24.0. The van der Waals surface area contributed by atoms with Crippen molar-refractivity contribution in [3.05, 3.63) is 53.4 Å². The first-order valence-corrected chi connectivity index (χ1v) is 12.1. The number of hydrogen-bond acceptors (Lipinski definition) is 7. The predicted octanol–water partition coefficient (Wildman–Crippen LogP) is 4.37. The summed E-state index contributed by atoms with van der Waals surface area (Å²) in [5, 5.41) is 5.75. The number of nitrogens with one attached hydrogen (secondary N) is 2. The van der Waals surface area contributed by atoms with Crippen LogP contribution in [0.1, 0.15) is 37.1 Å². The zero-order chi connectivity index (χ0) is 29.0. The number of anilines is 1. The molecular weight excluding hydrogens is 529 g/mol. The monoisotopic (exact) mass is 561 g/mol. The maximum absolute atomic E-state index is 14.5. The molecule has 5 atom stereocenters. The predicted molar refractivity (Wildman–Crippen MR) is 132 cm³/mol. The average molecular weight is 562 g/mol. The molecule has 216 valence electrons. The summed E-state index contributed by atoms with van der Waals surface area (Å²) in [7, 11) is 4.17. The Hall–Kier alpha value is -2.87.